The average Bonchev–Trinajstić information content (AvgIpc) is 3.29. The predicted molar refractivity (Wildman–Crippen MR) is 108 cm³/mol. The molecule has 0 unspecified atom stereocenters. The molecule has 0 saturated carbocycles. The van der Waals surface area contributed by atoms with E-state index < -0.39 is 21.8 Å². The minimum Gasteiger partial charge on any atom is -0.303 e. The molecule has 28 heavy (non-hydrogen) atoms. The molecule has 2 aromatic rings. The highest BCUT2D eigenvalue weighted by molar-refractivity contribution is 7.89. The summed E-state index contributed by atoms with van der Waals surface area (Å²) in [6.45, 7) is 6.97. The lowest BCUT2D eigenvalue weighted by molar-refractivity contribution is 0.0879. The van der Waals surface area contributed by atoms with Crippen molar-refractivity contribution in [2.45, 2.75) is 25.3 Å². The monoisotopic (exact) mass is 421 g/mol. The Labute approximate surface area is 169 Å². The van der Waals surface area contributed by atoms with Gasteiger partial charge in [-0.2, -0.15) is 4.31 Å². The van der Waals surface area contributed by atoms with Crippen LogP contribution in [0.1, 0.15) is 39.4 Å². The van der Waals surface area contributed by atoms with Gasteiger partial charge in [0.05, 0.1) is 16.0 Å². The minimum atomic E-state index is -3.83. The number of hydrogen-bond donors (Lipinski definition) is 1. The smallest absolute Gasteiger partial charge is 0.258 e. The Morgan fingerprint density at radius 2 is 1.71 bits per heavy atom. The topological polar surface area (TPSA) is 86.8 Å². The lowest BCUT2D eigenvalue weighted by Gasteiger charge is -2.25. The number of carbonyl (C=O) groups excluding carboxylic acids is 2. The normalized spacial score (nSPS) is 14.0. The third-order valence-electron chi connectivity index (χ3n) is 4.82. The fraction of sp³-hybridized carbons (Fsp3) is 0.368. The summed E-state index contributed by atoms with van der Waals surface area (Å²) in [4.78, 5) is 26.8. The van der Waals surface area contributed by atoms with Crippen LogP contribution in [-0.4, -0.2) is 55.6 Å². The molecule has 0 saturated heterocycles. The fourth-order valence-electron chi connectivity index (χ4n) is 3.11. The van der Waals surface area contributed by atoms with Crippen LogP contribution in [0.2, 0.25) is 0 Å². The number of nitrogens with one attached hydrogen (secondary N) is 1. The molecule has 1 aromatic heterocycles. The molecule has 1 aliphatic heterocycles. The largest absolute Gasteiger partial charge is 0.303 e. The number of thiophene rings is 1. The molecule has 3 rings (SSSR count). The summed E-state index contributed by atoms with van der Waals surface area (Å²) in [5.74, 6) is -1.06. The molecule has 1 N–H and O–H groups in total. The summed E-state index contributed by atoms with van der Waals surface area (Å²) < 4.78 is 28.1. The maximum atomic E-state index is 13.3. The van der Waals surface area contributed by atoms with Crippen LogP contribution >= 0.6 is 11.3 Å². The number of fused-ring (bicyclic) bond motifs is 1. The van der Waals surface area contributed by atoms with Gasteiger partial charge < -0.3 is 4.90 Å². The SMILES string of the molecule is CCN(CC)CCN(Cc1cccs1)S(=O)(=O)c1ccc2c(c1)C(=O)NC2=O. The van der Waals surface area contributed by atoms with Crippen LogP contribution in [-0.2, 0) is 16.6 Å². The number of amides is 2. The molecule has 0 radical (unpaired) electrons. The van der Waals surface area contributed by atoms with Gasteiger partial charge in [-0.05, 0) is 42.7 Å². The highest BCUT2D eigenvalue weighted by atomic mass is 32.2. The van der Waals surface area contributed by atoms with E-state index in [1.54, 1.807) is 0 Å². The molecule has 0 spiro atoms. The van der Waals surface area contributed by atoms with E-state index in [1.165, 1.54) is 33.8 Å². The van der Waals surface area contributed by atoms with Crippen LogP contribution < -0.4 is 5.32 Å². The van der Waals surface area contributed by atoms with Gasteiger partial charge in [0.1, 0.15) is 0 Å². The fourth-order valence-corrected chi connectivity index (χ4v) is 5.35. The molecule has 150 valence electrons. The van der Waals surface area contributed by atoms with E-state index in [-0.39, 0.29) is 22.6 Å². The van der Waals surface area contributed by atoms with E-state index in [1.807, 2.05) is 31.4 Å². The van der Waals surface area contributed by atoms with Crippen LogP contribution in [0.25, 0.3) is 0 Å². The van der Waals surface area contributed by atoms with E-state index in [0.29, 0.717) is 13.1 Å². The van der Waals surface area contributed by atoms with Gasteiger partial charge in [-0.15, -0.1) is 11.3 Å². The van der Waals surface area contributed by atoms with Crippen LogP contribution in [0.5, 0.6) is 0 Å². The zero-order valence-corrected chi connectivity index (χ0v) is 17.5. The summed E-state index contributed by atoms with van der Waals surface area (Å²) in [6, 6.07) is 7.88. The molecular formula is C19H23N3O4S2. The van der Waals surface area contributed by atoms with Crippen molar-refractivity contribution in [1.29, 1.82) is 0 Å². The van der Waals surface area contributed by atoms with Crippen molar-refractivity contribution in [1.82, 2.24) is 14.5 Å². The summed E-state index contributed by atoms with van der Waals surface area (Å²) in [5.41, 5.74) is 0.308. The third kappa shape index (κ3) is 4.17. The van der Waals surface area contributed by atoms with Crippen molar-refractivity contribution in [2.24, 2.45) is 0 Å². The van der Waals surface area contributed by atoms with Gasteiger partial charge in [0.25, 0.3) is 11.8 Å². The third-order valence-corrected chi connectivity index (χ3v) is 7.52. The second-order valence-corrected chi connectivity index (χ2v) is 9.41. The predicted octanol–water partition coefficient (Wildman–Crippen LogP) is 2.16. The Morgan fingerprint density at radius 1 is 1.00 bits per heavy atom. The lowest BCUT2D eigenvalue weighted by Crippen LogP contribution is -2.38. The summed E-state index contributed by atoms with van der Waals surface area (Å²) in [7, 11) is -3.83. The highest BCUT2D eigenvalue weighted by Gasteiger charge is 2.31. The minimum absolute atomic E-state index is 0.0206. The van der Waals surface area contributed by atoms with Crippen LogP contribution in [0.4, 0.5) is 0 Å². The number of nitrogens with zero attached hydrogens (tertiary/aromatic N) is 2. The second kappa shape index (κ2) is 8.52. The number of benzene rings is 1. The first-order valence-corrected chi connectivity index (χ1v) is 11.4. The molecule has 0 atom stereocenters. The molecule has 1 aliphatic rings. The Bertz CT molecular complexity index is 967. The number of sulfonamides is 1. The van der Waals surface area contributed by atoms with Gasteiger partial charge >= 0.3 is 0 Å². The standard InChI is InChI=1S/C19H23N3O4S2/c1-3-21(4-2)9-10-22(13-14-6-5-11-27-14)28(25,26)15-7-8-16-17(12-15)19(24)20-18(16)23/h5-8,11-12H,3-4,9-10,13H2,1-2H3,(H,20,23,24). The van der Waals surface area contributed by atoms with Crippen molar-refractivity contribution in [3.05, 3.63) is 51.7 Å². The molecule has 9 heteroatoms. The number of carbonyl (C=O) groups is 2. The molecule has 0 fully saturated rings. The summed E-state index contributed by atoms with van der Waals surface area (Å²) in [6.07, 6.45) is 0. The first-order valence-electron chi connectivity index (χ1n) is 9.11. The lowest BCUT2D eigenvalue weighted by atomic mass is 10.1. The van der Waals surface area contributed by atoms with Gasteiger partial charge in [0.2, 0.25) is 10.0 Å². The van der Waals surface area contributed by atoms with E-state index in [4.69, 9.17) is 0 Å². The molecule has 0 bridgehead atoms. The van der Waals surface area contributed by atoms with Gasteiger partial charge in [0.15, 0.2) is 0 Å². The maximum absolute atomic E-state index is 13.3. The van der Waals surface area contributed by atoms with Crippen molar-refractivity contribution in [2.75, 3.05) is 26.2 Å². The van der Waals surface area contributed by atoms with Crippen molar-refractivity contribution in [3.8, 4) is 0 Å². The van der Waals surface area contributed by atoms with E-state index >= 15 is 0 Å². The molecule has 7 nitrogen and oxygen atoms in total. The van der Waals surface area contributed by atoms with Crippen LogP contribution in [0.15, 0.2) is 40.6 Å². The quantitative estimate of drug-likeness (QED) is 0.627. The number of hydrogen-bond acceptors (Lipinski definition) is 6. The number of likely N-dealkylation sites (N-methyl/N-ethyl adjacent to an activating group) is 1. The van der Waals surface area contributed by atoms with E-state index in [0.717, 1.165) is 18.0 Å². The van der Waals surface area contributed by atoms with Gasteiger partial charge in [-0.3, -0.25) is 14.9 Å². The molecule has 2 amide bonds. The van der Waals surface area contributed by atoms with E-state index in [9.17, 15) is 18.0 Å². The van der Waals surface area contributed by atoms with Crippen molar-refractivity contribution in [3.63, 3.8) is 0 Å². The number of rotatable bonds is 9. The zero-order chi connectivity index (χ0) is 20.3. The first-order chi connectivity index (χ1) is 13.4. The Morgan fingerprint density at radius 3 is 2.36 bits per heavy atom. The van der Waals surface area contributed by atoms with E-state index in [2.05, 4.69) is 10.2 Å². The Balaban J connectivity index is 1.92. The van der Waals surface area contributed by atoms with Gasteiger partial charge in [-0.1, -0.05) is 19.9 Å². The second-order valence-electron chi connectivity index (χ2n) is 6.44. The van der Waals surface area contributed by atoms with Crippen LogP contribution in [0.3, 0.4) is 0 Å². The van der Waals surface area contributed by atoms with Crippen molar-refractivity contribution >= 4 is 33.2 Å². The zero-order valence-electron chi connectivity index (χ0n) is 15.8. The summed E-state index contributed by atoms with van der Waals surface area (Å²) >= 11 is 1.50. The molecule has 2 heterocycles. The maximum Gasteiger partial charge on any atom is 0.258 e. The number of imide groups is 1. The van der Waals surface area contributed by atoms with Crippen LogP contribution in [0, 0.1) is 0 Å². The molecule has 0 aliphatic carbocycles. The van der Waals surface area contributed by atoms with Gasteiger partial charge in [-0.25, -0.2) is 8.42 Å². The Kier molecular flexibility index (Phi) is 6.29. The highest BCUT2D eigenvalue weighted by Crippen LogP contribution is 2.25. The average molecular weight is 422 g/mol. The Hall–Kier alpha value is -2.07. The van der Waals surface area contributed by atoms with Gasteiger partial charge in [0, 0.05) is 24.5 Å². The summed E-state index contributed by atoms with van der Waals surface area (Å²) in [5, 5.41) is 4.10. The molecule has 1 aromatic carbocycles. The first kappa shape index (κ1) is 20.7. The van der Waals surface area contributed by atoms with Crippen molar-refractivity contribution < 1.29 is 18.0 Å². The molecular weight excluding hydrogens is 398 g/mol.